The largest absolute Gasteiger partial charge is 0.481 e. The minimum absolute atomic E-state index is 0.0723. The Balaban J connectivity index is 2.07. The van der Waals surface area contributed by atoms with Crippen molar-refractivity contribution >= 4 is 5.97 Å². The van der Waals surface area contributed by atoms with Crippen LogP contribution in [0.1, 0.15) is 45.4 Å². The smallest absolute Gasteiger partial charge is 0.306 e. The molecule has 1 aliphatic rings. The molecule has 3 heteroatoms. The van der Waals surface area contributed by atoms with E-state index in [0.717, 1.165) is 38.8 Å². The maximum atomic E-state index is 10.7. The highest BCUT2D eigenvalue weighted by Crippen LogP contribution is 2.28. The van der Waals surface area contributed by atoms with Crippen LogP contribution in [0.3, 0.4) is 0 Å². The Morgan fingerprint density at radius 3 is 2.53 bits per heavy atom. The molecule has 0 radical (unpaired) electrons. The number of unbranched alkanes of at least 4 members (excludes halogenated alkanes) is 1. The van der Waals surface area contributed by atoms with Crippen molar-refractivity contribution in [3.8, 4) is 0 Å². The van der Waals surface area contributed by atoms with E-state index >= 15 is 0 Å². The van der Waals surface area contributed by atoms with Crippen molar-refractivity contribution in [2.75, 3.05) is 13.1 Å². The van der Waals surface area contributed by atoms with Gasteiger partial charge in [0.05, 0.1) is 5.92 Å². The quantitative estimate of drug-likeness (QED) is 0.665. The third kappa shape index (κ3) is 4.65. The fourth-order valence-corrected chi connectivity index (χ4v) is 2.22. The van der Waals surface area contributed by atoms with Crippen molar-refractivity contribution in [1.82, 2.24) is 5.32 Å². The minimum atomic E-state index is -0.604. The van der Waals surface area contributed by atoms with Crippen molar-refractivity contribution in [2.24, 2.45) is 11.8 Å². The Kier molecular flexibility index (Phi) is 5.69. The molecule has 1 aliphatic carbocycles. The summed E-state index contributed by atoms with van der Waals surface area (Å²) in [6.45, 7) is 4.38. The Morgan fingerprint density at radius 2 is 2.00 bits per heavy atom. The zero-order chi connectivity index (χ0) is 11.1. The zero-order valence-electron chi connectivity index (χ0n) is 9.67. The van der Waals surface area contributed by atoms with Crippen LogP contribution in [0.15, 0.2) is 0 Å². The predicted octanol–water partition coefficient (Wildman–Crippen LogP) is 2.27. The molecule has 0 amide bonds. The normalized spacial score (nSPS) is 26.5. The second kappa shape index (κ2) is 6.83. The van der Waals surface area contributed by atoms with Gasteiger partial charge >= 0.3 is 5.97 Å². The van der Waals surface area contributed by atoms with Crippen LogP contribution in [0.25, 0.3) is 0 Å². The molecule has 0 atom stereocenters. The van der Waals surface area contributed by atoms with Gasteiger partial charge in [-0.1, -0.05) is 13.3 Å². The number of carboxylic acids is 1. The summed E-state index contributed by atoms with van der Waals surface area (Å²) in [5.41, 5.74) is 0. The number of rotatable bonds is 6. The maximum Gasteiger partial charge on any atom is 0.306 e. The summed E-state index contributed by atoms with van der Waals surface area (Å²) in [5, 5.41) is 12.3. The Labute approximate surface area is 92.3 Å². The molecule has 15 heavy (non-hydrogen) atoms. The third-order valence-corrected chi connectivity index (χ3v) is 3.34. The summed E-state index contributed by atoms with van der Waals surface area (Å²) in [7, 11) is 0. The third-order valence-electron chi connectivity index (χ3n) is 3.34. The highest BCUT2D eigenvalue weighted by Gasteiger charge is 2.25. The van der Waals surface area contributed by atoms with E-state index in [0.29, 0.717) is 5.92 Å². The van der Waals surface area contributed by atoms with Crippen molar-refractivity contribution in [2.45, 2.75) is 45.4 Å². The van der Waals surface area contributed by atoms with Crippen molar-refractivity contribution in [1.29, 1.82) is 0 Å². The van der Waals surface area contributed by atoms with E-state index in [2.05, 4.69) is 12.2 Å². The van der Waals surface area contributed by atoms with E-state index in [4.69, 9.17) is 5.11 Å². The Bertz CT molecular complexity index is 186. The number of hydrogen-bond acceptors (Lipinski definition) is 2. The van der Waals surface area contributed by atoms with Gasteiger partial charge in [0.25, 0.3) is 0 Å². The molecule has 3 nitrogen and oxygen atoms in total. The Morgan fingerprint density at radius 1 is 1.33 bits per heavy atom. The first kappa shape index (κ1) is 12.5. The first-order chi connectivity index (χ1) is 7.24. The van der Waals surface area contributed by atoms with E-state index in [1.165, 1.54) is 12.8 Å². The molecule has 2 N–H and O–H groups in total. The van der Waals surface area contributed by atoms with Crippen LogP contribution in [-0.2, 0) is 4.79 Å². The molecule has 1 saturated carbocycles. The molecule has 0 aromatic carbocycles. The van der Waals surface area contributed by atoms with E-state index in [9.17, 15) is 4.79 Å². The molecule has 1 fully saturated rings. The minimum Gasteiger partial charge on any atom is -0.481 e. The van der Waals surface area contributed by atoms with Crippen LogP contribution < -0.4 is 5.32 Å². The standard InChI is InChI=1S/C12H23NO2/c1-2-3-8-13-9-10-4-6-11(7-5-10)12(14)15/h10-11,13H,2-9H2,1H3,(H,14,15). The molecule has 0 unspecified atom stereocenters. The van der Waals surface area contributed by atoms with Gasteiger partial charge in [-0.15, -0.1) is 0 Å². The predicted molar refractivity (Wildman–Crippen MR) is 60.9 cm³/mol. The van der Waals surface area contributed by atoms with Gasteiger partial charge in [-0.25, -0.2) is 0 Å². The fraction of sp³-hybridized carbons (Fsp3) is 0.917. The van der Waals surface area contributed by atoms with Crippen LogP contribution in [0.2, 0.25) is 0 Å². The molecule has 0 heterocycles. The van der Waals surface area contributed by atoms with Gasteiger partial charge in [-0.05, 0) is 51.1 Å². The summed E-state index contributed by atoms with van der Waals surface area (Å²) in [6, 6.07) is 0. The van der Waals surface area contributed by atoms with Gasteiger partial charge in [0, 0.05) is 0 Å². The highest BCUT2D eigenvalue weighted by molar-refractivity contribution is 5.69. The fourth-order valence-electron chi connectivity index (χ4n) is 2.22. The molecule has 88 valence electrons. The average Bonchev–Trinajstić information content (AvgIpc) is 2.25. The molecule has 1 rings (SSSR count). The number of carbonyl (C=O) groups is 1. The van der Waals surface area contributed by atoms with Crippen molar-refractivity contribution in [3.05, 3.63) is 0 Å². The SMILES string of the molecule is CCCCNCC1CCC(C(=O)O)CC1. The zero-order valence-corrected chi connectivity index (χ0v) is 9.67. The maximum absolute atomic E-state index is 10.7. The number of carboxylic acid groups (broad SMARTS) is 1. The number of nitrogens with one attached hydrogen (secondary N) is 1. The van der Waals surface area contributed by atoms with Crippen LogP contribution in [0.5, 0.6) is 0 Å². The van der Waals surface area contributed by atoms with E-state index in [-0.39, 0.29) is 5.92 Å². The topological polar surface area (TPSA) is 49.3 Å². The lowest BCUT2D eigenvalue weighted by atomic mass is 9.82. The first-order valence-corrected chi connectivity index (χ1v) is 6.17. The summed E-state index contributed by atoms with van der Waals surface area (Å²) in [5.74, 6) is 0.0294. The van der Waals surface area contributed by atoms with E-state index in [1.54, 1.807) is 0 Å². The van der Waals surface area contributed by atoms with Crippen molar-refractivity contribution < 1.29 is 9.90 Å². The summed E-state index contributed by atoms with van der Waals surface area (Å²) in [4.78, 5) is 10.7. The van der Waals surface area contributed by atoms with Crippen LogP contribution in [0, 0.1) is 11.8 Å². The molecular formula is C12H23NO2. The molecular weight excluding hydrogens is 190 g/mol. The lowest BCUT2D eigenvalue weighted by Gasteiger charge is -2.26. The number of aliphatic carboxylic acids is 1. The molecule has 0 spiro atoms. The van der Waals surface area contributed by atoms with Gasteiger partial charge in [0.15, 0.2) is 0 Å². The van der Waals surface area contributed by atoms with Gasteiger partial charge < -0.3 is 10.4 Å². The van der Waals surface area contributed by atoms with Gasteiger partial charge in [-0.3, -0.25) is 4.79 Å². The van der Waals surface area contributed by atoms with Crippen LogP contribution in [-0.4, -0.2) is 24.2 Å². The van der Waals surface area contributed by atoms with E-state index < -0.39 is 5.97 Å². The second-order valence-corrected chi connectivity index (χ2v) is 4.61. The average molecular weight is 213 g/mol. The lowest BCUT2D eigenvalue weighted by Crippen LogP contribution is -2.29. The summed E-state index contributed by atoms with van der Waals surface area (Å²) in [6.07, 6.45) is 6.38. The van der Waals surface area contributed by atoms with Gasteiger partial charge in [-0.2, -0.15) is 0 Å². The lowest BCUT2D eigenvalue weighted by molar-refractivity contribution is -0.143. The van der Waals surface area contributed by atoms with Crippen LogP contribution >= 0.6 is 0 Å². The van der Waals surface area contributed by atoms with Gasteiger partial charge in [0.2, 0.25) is 0 Å². The summed E-state index contributed by atoms with van der Waals surface area (Å²) < 4.78 is 0. The molecule has 0 aromatic heterocycles. The molecule has 0 bridgehead atoms. The first-order valence-electron chi connectivity index (χ1n) is 6.17. The Hall–Kier alpha value is -0.570. The highest BCUT2D eigenvalue weighted by atomic mass is 16.4. The van der Waals surface area contributed by atoms with Crippen LogP contribution in [0.4, 0.5) is 0 Å². The molecule has 0 aromatic rings. The summed E-state index contributed by atoms with van der Waals surface area (Å²) >= 11 is 0. The van der Waals surface area contributed by atoms with Gasteiger partial charge in [0.1, 0.15) is 0 Å². The van der Waals surface area contributed by atoms with E-state index in [1.807, 2.05) is 0 Å². The second-order valence-electron chi connectivity index (χ2n) is 4.61. The number of hydrogen-bond donors (Lipinski definition) is 2. The molecule has 0 saturated heterocycles. The monoisotopic (exact) mass is 213 g/mol. The molecule has 0 aliphatic heterocycles. The van der Waals surface area contributed by atoms with Crippen molar-refractivity contribution in [3.63, 3.8) is 0 Å².